The summed E-state index contributed by atoms with van der Waals surface area (Å²) in [6.45, 7) is 5.69. The summed E-state index contributed by atoms with van der Waals surface area (Å²) in [5, 5.41) is 3.65. The summed E-state index contributed by atoms with van der Waals surface area (Å²) >= 11 is 0. The molecule has 0 aromatic heterocycles. The fourth-order valence-electron chi connectivity index (χ4n) is 2.67. The molecule has 1 fully saturated rings. The van der Waals surface area contributed by atoms with E-state index in [9.17, 15) is 4.39 Å². The van der Waals surface area contributed by atoms with Gasteiger partial charge in [-0.1, -0.05) is 38.8 Å². The standard InChI is InChI=1S/C18H28FN/c1-14(2)4-3-5-16(13-20-18-10-11-18)12-15-6-8-17(19)9-7-15/h6-9,14,16,18,20H,3-5,10-13H2,1-2H3. The van der Waals surface area contributed by atoms with Gasteiger partial charge in [-0.2, -0.15) is 0 Å². The van der Waals surface area contributed by atoms with Crippen LogP contribution >= 0.6 is 0 Å². The second kappa shape index (κ2) is 7.78. The van der Waals surface area contributed by atoms with E-state index in [4.69, 9.17) is 0 Å². The summed E-state index contributed by atoms with van der Waals surface area (Å²) in [6.07, 6.45) is 7.64. The monoisotopic (exact) mass is 277 g/mol. The van der Waals surface area contributed by atoms with Gasteiger partial charge in [-0.05, 0) is 61.8 Å². The first-order chi connectivity index (χ1) is 9.63. The lowest BCUT2D eigenvalue weighted by atomic mass is 9.92. The molecule has 0 amide bonds. The van der Waals surface area contributed by atoms with E-state index < -0.39 is 0 Å². The maximum absolute atomic E-state index is 13.0. The maximum atomic E-state index is 13.0. The molecule has 1 unspecified atom stereocenters. The van der Waals surface area contributed by atoms with Gasteiger partial charge in [-0.3, -0.25) is 0 Å². The number of halogens is 1. The Morgan fingerprint density at radius 3 is 2.45 bits per heavy atom. The van der Waals surface area contributed by atoms with E-state index in [1.165, 1.54) is 37.7 Å². The minimum Gasteiger partial charge on any atom is -0.314 e. The second-order valence-electron chi connectivity index (χ2n) is 6.70. The van der Waals surface area contributed by atoms with Gasteiger partial charge in [0.05, 0.1) is 0 Å². The number of rotatable bonds is 9. The average molecular weight is 277 g/mol. The van der Waals surface area contributed by atoms with Crippen molar-refractivity contribution < 1.29 is 4.39 Å². The Balaban J connectivity index is 1.81. The molecule has 0 heterocycles. The zero-order valence-corrected chi connectivity index (χ0v) is 12.9. The van der Waals surface area contributed by atoms with Crippen molar-refractivity contribution in [1.29, 1.82) is 0 Å². The molecule has 1 N–H and O–H groups in total. The topological polar surface area (TPSA) is 12.0 Å². The normalized spacial score (nSPS) is 16.6. The van der Waals surface area contributed by atoms with Gasteiger partial charge in [0, 0.05) is 6.04 Å². The first-order valence-corrected chi connectivity index (χ1v) is 8.11. The van der Waals surface area contributed by atoms with Crippen LogP contribution in [0.2, 0.25) is 0 Å². The van der Waals surface area contributed by atoms with E-state index in [1.54, 1.807) is 12.1 Å². The van der Waals surface area contributed by atoms with Crippen LogP contribution in [0.1, 0.15) is 51.5 Å². The van der Waals surface area contributed by atoms with E-state index in [1.807, 2.05) is 12.1 Å². The van der Waals surface area contributed by atoms with Crippen LogP contribution in [-0.4, -0.2) is 12.6 Å². The number of hydrogen-bond acceptors (Lipinski definition) is 1. The summed E-state index contributed by atoms with van der Waals surface area (Å²) in [5.74, 6) is 1.33. The molecule has 0 spiro atoms. The van der Waals surface area contributed by atoms with Crippen LogP contribution in [0.3, 0.4) is 0 Å². The van der Waals surface area contributed by atoms with Gasteiger partial charge in [0.25, 0.3) is 0 Å². The van der Waals surface area contributed by atoms with Crippen LogP contribution in [0.4, 0.5) is 4.39 Å². The third-order valence-electron chi connectivity index (χ3n) is 4.10. The third-order valence-corrected chi connectivity index (χ3v) is 4.10. The van der Waals surface area contributed by atoms with Gasteiger partial charge in [0.15, 0.2) is 0 Å². The molecule has 1 aromatic carbocycles. The lowest BCUT2D eigenvalue weighted by molar-refractivity contribution is 0.405. The molecule has 1 aromatic rings. The molecule has 2 rings (SSSR count). The Kier molecular flexibility index (Phi) is 6.03. The van der Waals surface area contributed by atoms with Crippen LogP contribution < -0.4 is 5.32 Å². The predicted molar refractivity (Wildman–Crippen MR) is 83.3 cm³/mol. The highest BCUT2D eigenvalue weighted by molar-refractivity contribution is 5.16. The highest BCUT2D eigenvalue weighted by atomic mass is 19.1. The van der Waals surface area contributed by atoms with Gasteiger partial charge in [-0.25, -0.2) is 4.39 Å². The minimum absolute atomic E-state index is 0.138. The van der Waals surface area contributed by atoms with Crippen molar-refractivity contribution >= 4 is 0 Å². The zero-order valence-electron chi connectivity index (χ0n) is 12.9. The molecule has 1 nitrogen and oxygen atoms in total. The Bertz CT molecular complexity index is 381. The highest BCUT2D eigenvalue weighted by Gasteiger charge is 2.22. The Labute approximate surface area is 123 Å². The molecule has 0 saturated heterocycles. The fourth-order valence-corrected chi connectivity index (χ4v) is 2.67. The SMILES string of the molecule is CC(C)CCCC(CNC1CC1)Cc1ccc(F)cc1. The Morgan fingerprint density at radius 2 is 1.85 bits per heavy atom. The van der Waals surface area contributed by atoms with Crippen molar-refractivity contribution in [3.8, 4) is 0 Å². The molecule has 1 aliphatic carbocycles. The van der Waals surface area contributed by atoms with Crippen LogP contribution in [0.15, 0.2) is 24.3 Å². The molecule has 1 saturated carbocycles. The highest BCUT2D eigenvalue weighted by Crippen LogP contribution is 2.22. The second-order valence-corrected chi connectivity index (χ2v) is 6.70. The van der Waals surface area contributed by atoms with E-state index in [0.29, 0.717) is 5.92 Å². The Morgan fingerprint density at radius 1 is 1.15 bits per heavy atom. The first kappa shape index (κ1) is 15.5. The van der Waals surface area contributed by atoms with E-state index >= 15 is 0 Å². The van der Waals surface area contributed by atoms with E-state index in [-0.39, 0.29) is 5.82 Å². The molecule has 1 aliphatic rings. The van der Waals surface area contributed by atoms with Crippen molar-refractivity contribution in [3.63, 3.8) is 0 Å². The van der Waals surface area contributed by atoms with Crippen molar-refractivity contribution in [3.05, 3.63) is 35.6 Å². The van der Waals surface area contributed by atoms with Crippen molar-refractivity contribution in [2.24, 2.45) is 11.8 Å². The van der Waals surface area contributed by atoms with Crippen molar-refractivity contribution in [2.75, 3.05) is 6.54 Å². The van der Waals surface area contributed by atoms with Gasteiger partial charge < -0.3 is 5.32 Å². The van der Waals surface area contributed by atoms with Gasteiger partial charge >= 0.3 is 0 Å². The number of nitrogens with one attached hydrogen (secondary N) is 1. The van der Waals surface area contributed by atoms with Gasteiger partial charge in [0.1, 0.15) is 5.82 Å². The summed E-state index contributed by atoms with van der Waals surface area (Å²) in [5.41, 5.74) is 1.26. The van der Waals surface area contributed by atoms with Crippen molar-refractivity contribution in [1.82, 2.24) is 5.32 Å². The van der Waals surface area contributed by atoms with E-state index in [0.717, 1.165) is 24.9 Å². The maximum Gasteiger partial charge on any atom is 0.123 e. The molecule has 0 radical (unpaired) electrons. The molecular formula is C18H28FN. The zero-order chi connectivity index (χ0) is 14.4. The summed E-state index contributed by atoms with van der Waals surface area (Å²) in [4.78, 5) is 0. The average Bonchev–Trinajstić information content (AvgIpc) is 3.22. The smallest absolute Gasteiger partial charge is 0.123 e. The molecular weight excluding hydrogens is 249 g/mol. The third kappa shape index (κ3) is 6.04. The first-order valence-electron chi connectivity index (χ1n) is 8.11. The lowest BCUT2D eigenvalue weighted by Gasteiger charge is -2.18. The number of hydrogen-bond donors (Lipinski definition) is 1. The summed E-state index contributed by atoms with van der Waals surface area (Å²) in [6, 6.07) is 7.80. The van der Waals surface area contributed by atoms with Gasteiger partial charge in [0.2, 0.25) is 0 Å². The largest absolute Gasteiger partial charge is 0.314 e. The number of benzene rings is 1. The molecule has 20 heavy (non-hydrogen) atoms. The molecule has 0 aliphatic heterocycles. The van der Waals surface area contributed by atoms with Gasteiger partial charge in [-0.15, -0.1) is 0 Å². The fraction of sp³-hybridized carbons (Fsp3) is 0.667. The quantitative estimate of drug-likeness (QED) is 0.697. The van der Waals surface area contributed by atoms with Crippen LogP contribution in [0.25, 0.3) is 0 Å². The molecule has 112 valence electrons. The Hall–Kier alpha value is -0.890. The van der Waals surface area contributed by atoms with Crippen LogP contribution in [-0.2, 0) is 6.42 Å². The molecule has 1 atom stereocenters. The summed E-state index contributed by atoms with van der Waals surface area (Å²) in [7, 11) is 0. The summed E-state index contributed by atoms with van der Waals surface area (Å²) < 4.78 is 13.0. The molecule has 0 bridgehead atoms. The minimum atomic E-state index is -0.138. The van der Waals surface area contributed by atoms with E-state index in [2.05, 4.69) is 19.2 Å². The van der Waals surface area contributed by atoms with Crippen LogP contribution in [0.5, 0.6) is 0 Å². The van der Waals surface area contributed by atoms with Crippen molar-refractivity contribution in [2.45, 2.75) is 58.4 Å². The lowest BCUT2D eigenvalue weighted by Crippen LogP contribution is -2.26. The van der Waals surface area contributed by atoms with Crippen LogP contribution in [0, 0.1) is 17.7 Å². The molecule has 2 heteroatoms. The predicted octanol–water partition coefficient (Wildman–Crippen LogP) is 4.56.